The topological polar surface area (TPSA) is 86.7 Å². The van der Waals surface area contributed by atoms with Crippen molar-refractivity contribution in [3.05, 3.63) is 54.4 Å². The number of pyridine rings is 1. The lowest BCUT2D eigenvalue weighted by molar-refractivity contribution is -0.115. The standard InChI is InChI=1S/C18H21N5O2/c1-13(21-22-18(25)16-6-4-5-11-19-16)12-17(24)20-14-7-9-15(10-8-14)23(2)3/h4-11H,12H2,1-3H3,(H,20,24)(H,22,25)/b21-13-. The third-order valence-corrected chi connectivity index (χ3v) is 3.33. The predicted octanol–water partition coefficient (Wildman–Crippen LogP) is 2.28. The second-order valence-electron chi connectivity index (χ2n) is 5.67. The summed E-state index contributed by atoms with van der Waals surface area (Å²) in [6, 6.07) is 12.5. The maximum atomic E-state index is 12.0. The molecule has 7 heteroatoms. The number of amides is 2. The number of carbonyl (C=O) groups excluding carboxylic acids is 2. The molecule has 1 aromatic heterocycles. The molecule has 0 saturated carbocycles. The molecule has 7 nitrogen and oxygen atoms in total. The van der Waals surface area contributed by atoms with Crippen LogP contribution in [0.5, 0.6) is 0 Å². The minimum absolute atomic E-state index is 0.0813. The fourth-order valence-corrected chi connectivity index (χ4v) is 2.02. The Labute approximate surface area is 146 Å². The number of hydrogen-bond donors (Lipinski definition) is 2. The first-order valence-corrected chi connectivity index (χ1v) is 7.77. The van der Waals surface area contributed by atoms with Crippen molar-refractivity contribution in [1.29, 1.82) is 0 Å². The quantitative estimate of drug-likeness (QED) is 0.624. The smallest absolute Gasteiger partial charge is 0.289 e. The first kappa shape index (κ1) is 18.1. The molecule has 0 spiro atoms. The van der Waals surface area contributed by atoms with E-state index in [-0.39, 0.29) is 18.0 Å². The highest BCUT2D eigenvalue weighted by atomic mass is 16.2. The minimum Gasteiger partial charge on any atom is -0.378 e. The SMILES string of the molecule is C/C(CC(=O)Nc1ccc(N(C)C)cc1)=N/NC(=O)c1ccccn1. The van der Waals surface area contributed by atoms with Crippen molar-refractivity contribution in [2.24, 2.45) is 5.10 Å². The van der Waals surface area contributed by atoms with E-state index in [1.165, 1.54) is 6.20 Å². The van der Waals surface area contributed by atoms with Gasteiger partial charge in [-0.2, -0.15) is 5.10 Å². The van der Waals surface area contributed by atoms with Gasteiger partial charge in [-0.3, -0.25) is 14.6 Å². The van der Waals surface area contributed by atoms with Gasteiger partial charge in [-0.15, -0.1) is 0 Å². The zero-order valence-corrected chi connectivity index (χ0v) is 14.5. The number of anilines is 2. The van der Waals surface area contributed by atoms with E-state index in [0.29, 0.717) is 11.4 Å². The fourth-order valence-electron chi connectivity index (χ4n) is 2.02. The molecule has 2 N–H and O–H groups in total. The van der Waals surface area contributed by atoms with E-state index < -0.39 is 5.91 Å². The van der Waals surface area contributed by atoms with Crippen LogP contribution >= 0.6 is 0 Å². The Balaban J connectivity index is 1.85. The summed E-state index contributed by atoms with van der Waals surface area (Å²) in [6.07, 6.45) is 1.61. The molecule has 0 fully saturated rings. The summed E-state index contributed by atoms with van der Waals surface area (Å²) >= 11 is 0. The van der Waals surface area contributed by atoms with E-state index in [0.717, 1.165) is 5.69 Å². The molecular weight excluding hydrogens is 318 g/mol. The van der Waals surface area contributed by atoms with Crippen LogP contribution in [0.15, 0.2) is 53.8 Å². The van der Waals surface area contributed by atoms with E-state index in [9.17, 15) is 9.59 Å². The molecule has 2 rings (SSSR count). The molecule has 0 aliphatic heterocycles. The van der Waals surface area contributed by atoms with Crippen molar-refractivity contribution in [3.8, 4) is 0 Å². The number of benzene rings is 1. The molecule has 0 unspecified atom stereocenters. The molecule has 0 atom stereocenters. The molecule has 0 aliphatic carbocycles. The van der Waals surface area contributed by atoms with Gasteiger partial charge in [0.15, 0.2) is 0 Å². The Bertz CT molecular complexity index is 755. The van der Waals surface area contributed by atoms with Crippen LogP contribution in [0.4, 0.5) is 11.4 Å². The van der Waals surface area contributed by atoms with E-state index in [1.807, 2.05) is 43.3 Å². The molecule has 0 saturated heterocycles. The second kappa shape index (κ2) is 8.58. The third kappa shape index (κ3) is 5.72. The highest BCUT2D eigenvalue weighted by molar-refractivity contribution is 6.06. The first-order valence-electron chi connectivity index (χ1n) is 7.77. The molecular formula is C18H21N5O2. The van der Waals surface area contributed by atoms with Gasteiger partial charge in [0.1, 0.15) is 5.69 Å². The predicted molar refractivity (Wildman–Crippen MR) is 98.8 cm³/mol. The van der Waals surface area contributed by atoms with Crippen molar-refractivity contribution in [2.75, 3.05) is 24.3 Å². The molecule has 2 amide bonds. The first-order chi connectivity index (χ1) is 12.0. The Morgan fingerprint density at radius 2 is 1.84 bits per heavy atom. The molecule has 0 aliphatic rings. The van der Waals surface area contributed by atoms with Crippen molar-refractivity contribution < 1.29 is 9.59 Å². The second-order valence-corrected chi connectivity index (χ2v) is 5.67. The van der Waals surface area contributed by atoms with E-state index >= 15 is 0 Å². The van der Waals surface area contributed by atoms with E-state index in [1.54, 1.807) is 25.1 Å². The largest absolute Gasteiger partial charge is 0.378 e. The maximum absolute atomic E-state index is 12.0. The minimum atomic E-state index is -0.417. The number of carbonyl (C=O) groups is 2. The lowest BCUT2D eigenvalue weighted by Gasteiger charge is -2.13. The van der Waals surface area contributed by atoms with Crippen LogP contribution in [0.1, 0.15) is 23.8 Å². The molecule has 0 bridgehead atoms. The van der Waals surface area contributed by atoms with Gasteiger partial charge in [-0.25, -0.2) is 5.43 Å². The molecule has 25 heavy (non-hydrogen) atoms. The fraction of sp³-hybridized carbons (Fsp3) is 0.222. The highest BCUT2D eigenvalue weighted by Crippen LogP contribution is 2.15. The number of nitrogens with one attached hydrogen (secondary N) is 2. The van der Waals surface area contributed by atoms with Gasteiger partial charge in [-0.1, -0.05) is 6.07 Å². The van der Waals surface area contributed by atoms with Gasteiger partial charge in [0.25, 0.3) is 5.91 Å². The number of rotatable bonds is 6. The summed E-state index contributed by atoms with van der Waals surface area (Å²) in [5.41, 5.74) is 4.91. The summed E-state index contributed by atoms with van der Waals surface area (Å²) in [7, 11) is 3.90. The highest BCUT2D eigenvalue weighted by Gasteiger charge is 2.07. The average molecular weight is 339 g/mol. The van der Waals surface area contributed by atoms with Crippen LogP contribution in [0.2, 0.25) is 0 Å². The van der Waals surface area contributed by atoms with E-state index in [2.05, 4.69) is 20.8 Å². The molecule has 130 valence electrons. The van der Waals surface area contributed by atoms with Crippen LogP contribution in [0.25, 0.3) is 0 Å². The Morgan fingerprint density at radius 3 is 2.44 bits per heavy atom. The Hall–Kier alpha value is -3.22. The van der Waals surface area contributed by atoms with Crippen LogP contribution in [0, 0.1) is 0 Å². The normalized spacial score (nSPS) is 10.9. The number of hydrogen-bond acceptors (Lipinski definition) is 5. The molecule has 1 heterocycles. The van der Waals surface area contributed by atoms with Crippen molar-refractivity contribution >= 4 is 28.9 Å². The van der Waals surface area contributed by atoms with Gasteiger partial charge < -0.3 is 10.2 Å². The Kier molecular flexibility index (Phi) is 6.22. The van der Waals surface area contributed by atoms with Gasteiger partial charge in [0, 0.05) is 37.4 Å². The van der Waals surface area contributed by atoms with Crippen molar-refractivity contribution in [2.45, 2.75) is 13.3 Å². The van der Waals surface area contributed by atoms with Crippen LogP contribution in [-0.2, 0) is 4.79 Å². The summed E-state index contributed by atoms with van der Waals surface area (Å²) < 4.78 is 0. The molecule has 1 aromatic carbocycles. The summed E-state index contributed by atoms with van der Waals surface area (Å²) in [4.78, 5) is 29.8. The van der Waals surface area contributed by atoms with Crippen LogP contribution < -0.4 is 15.6 Å². The summed E-state index contributed by atoms with van der Waals surface area (Å²) in [5, 5.41) is 6.72. The van der Waals surface area contributed by atoms with Gasteiger partial charge in [-0.05, 0) is 43.3 Å². The van der Waals surface area contributed by atoms with Gasteiger partial charge in [0.05, 0.1) is 6.42 Å². The zero-order valence-electron chi connectivity index (χ0n) is 14.5. The van der Waals surface area contributed by atoms with Crippen molar-refractivity contribution in [1.82, 2.24) is 10.4 Å². The third-order valence-electron chi connectivity index (χ3n) is 3.33. The number of nitrogens with zero attached hydrogens (tertiary/aromatic N) is 3. The number of aromatic nitrogens is 1. The van der Waals surface area contributed by atoms with Crippen LogP contribution in [0.3, 0.4) is 0 Å². The van der Waals surface area contributed by atoms with Gasteiger partial charge in [0.2, 0.25) is 5.91 Å². The summed E-state index contributed by atoms with van der Waals surface area (Å²) in [6.45, 7) is 1.67. The van der Waals surface area contributed by atoms with E-state index in [4.69, 9.17) is 0 Å². The number of hydrazone groups is 1. The maximum Gasteiger partial charge on any atom is 0.289 e. The average Bonchev–Trinajstić information content (AvgIpc) is 2.60. The van der Waals surface area contributed by atoms with Crippen molar-refractivity contribution in [3.63, 3.8) is 0 Å². The zero-order chi connectivity index (χ0) is 18.2. The monoisotopic (exact) mass is 339 g/mol. The molecule has 0 radical (unpaired) electrons. The lowest BCUT2D eigenvalue weighted by atomic mass is 10.2. The molecule has 2 aromatic rings. The van der Waals surface area contributed by atoms with Crippen LogP contribution in [-0.4, -0.2) is 36.6 Å². The lowest BCUT2D eigenvalue weighted by Crippen LogP contribution is -2.22. The van der Waals surface area contributed by atoms with Gasteiger partial charge >= 0.3 is 0 Å². The Morgan fingerprint density at radius 1 is 1.12 bits per heavy atom. The summed E-state index contributed by atoms with van der Waals surface area (Å²) in [5.74, 6) is -0.620.